The van der Waals surface area contributed by atoms with Crippen molar-refractivity contribution in [3.63, 3.8) is 0 Å². The lowest BCUT2D eigenvalue weighted by atomic mass is 9.77. The average Bonchev–Trinajstić information content (AvgIpc) is 2.14. The molecule has 1 aliphatic rings. The van der Waals surface area contributed by atoms with E-state index in [0.717, 1.165) is 12.4 Å². The van der Waals surface area contributed by atoms with E-state index < -0.39 is 0 Å². The average molecular weight is 110 g/mol. The van der Waals surface area contributed by atoms with Gasteiger partial charge in [-0.1, -0.05) is 6.32 Å². The lowest BCUT2D eigenvalue weighted by Gasteiger charge is -2.09. The fourth-order valence-corrected chi connectivity index (χ4v) is 1.28. The van der Waals surface area contributed by atoms with E-state index in [1.807, 2.05) is 0 Å². The third-order valence-electron chi connectivity index (χ3n) is 1.94. The van der Waals surface area contributed by atoms with Crippen molar-refractivity contribution >= 4 is 15.7 Å². The smallest absolute Gasteiger partial charge is 0.108 e. The van der Waals surface area contributed by atoms with Gasteiger partial charge < -0.3 is 4.74 Å². The van der Waals surface area contributed by atoms with Gasteiger partial charge in [-0.15, -0.1) is 0 Å². The van der Waals surface area contributed by atoms with E-state index in [1.165, 1.54) is 12.7 Å². The van der Waals surface area contributed by atoms with Crippen LogP contribution in [0.4, 0.5) is 0 Å². The fourth-order valence-electron chi connectivity index (χ4n) is 1.28. The SMILES string of the molecule is BC[C@@H]1OCC[C@H]1B. The van der Waals surface area contributed by atoms with Gasteiger partial charge in [0.25, 0.3) is 0 Å². The van der Waals surface area contributed by atoms with E-state index in [9.17, 15) is 0 Å². The molecule has 1 heterocycles. The molecule has 0 spiro atoms. The molecule has 1 saturated heterocycles. The van der Waals surface area contributed by atoms with Crippen molar-refractivity contribution < 1.29 is 4.74 Å². The summed E-state index contributed by atoms with van der Waals surface area (Å²) in [6.45, 7) is 0.986. The van der Waals surface area contributed by atoms with Crippen molar-refractivity contribution in [3.05, 3.63) is 0 Å². The summed E-state index contributed by atoms with van der Waals surface area (Å²) >= 11 is 0. The van der Waals surface area contributed by atoms with Gasteiger partial charge in [-0.2, -0.15) is 0 Å². The van der Waals surface area contributed by atoms with E-state index in [0.29, 0.717) is 6.10 Å². The van der Waals surface area contributed by atoms with Crippen LogP contribution in [-0.2, 0) is 4.74 Å². The molecule has 0 unspecified atom stereocenters. The van der Waals surface area contributed by atoms with Gasteiger partial charge >= 0.3 is 0 Å². The Morgan fingerprint density at radius 3 is 2.62 bits per heavy atom. The molecule has 0 amide bonds. The Hall–Kier alpha value is 0.0899. The maximum atomic E-state index is 5.41. The summed E-state index contributed by atoms with van der Waals surface area (Å²) in [6, 6.07) is 0. The minimum absolute atomic E-state index is 0.565. The van der Waals surface area contributed by atoms with Crippen LogP contribution in [0.3, 0.4) is 0 Å². The summed E-state index contributed by atoms with van der Waals surface area (Å²) in [5.74, 6) is 0.806. The summed E-state index contributed by atoms with van der Waals surface area (Å²) in [5.41, 5.74) is 0. The minimum Gasteiger partial charge on any atom is -0.379 e. The molecule has 0 aliphatic carbocycles. The molecule has 3 heteroatoms. The molecule has 0 N–H and O–H groups in total. The molecule has 1 aliphatic heterocycles. The second kappa shape index (κ2) is 2.58. The minimum atomic E-state index is 0.565. The standard InChI is InChI=1S/C5H12B2O/c6-3-5-4(7)1-2-8-5/h4-5H,1-3,6-7H2/t4-,5+/m1/s1. The third-order valence-corrected chi connectivity index (χ3v) is 1.94. The van der Waals surface area contributed by atoms with Crippen LogP contribution >= 0.6 is 0 Å². The second-order valence-corrected chi connectivity index (χ2v) is 2.58. The van der Waals surface area contributed by atoms with Gasteiger partial charge in [0.15, 0.2) is 0 Å². The topological polar surface area (TPSA) is 9.23 Å². The number of rotatable bonds is 1. The second-order valence-electron chi connectivity index (χ2n) is 2.58. The first kappa shape index (κ1) is 6.21. The maximum absolute atomic E-state index is 5.41. The summed E-state index contributed by atoms with van der Waals surface area (Å²) in [4.78, 5) is 0. The maximum Gasteiger partial charge on any atom is 0.108 e. The first-order chi connectivity index (χ1) is 3.84. The van der Waals surface area contributed by atoms with Crippen LogP contribution in [0.15, 0.2) is 0 Å². The summed E-state index contributed by atoms with van der Waals surface area (Å²) in [5, 5.41) is 0. The largest absolute Gasteiger partial charge is 0.379 e. The lowest BCUT2D eigenvalue weighted by Crippen LogP contribution is -2.09. The van der Waals surface area contributed by atoms with Crippen LogP contribution in [0.25, 0.3) is 0 Å². The Morgan fingerprint density at radius 1 is 1.62 bits per heavy atom. The zero-order valence-electron chi connectivity index (χ0n) is 5.68. The molecule has 0 aromatic heterocycles. The van der Waals surface area contributed by atoms with E-state index in [4.69, 9.17) is 4.74 Å². The Bertz CT molecular complexity index is 76.8. The predicted molar refractivity (Wildman–Crippen MR) is 40.0 cm³/mol. The van der Waals surface area contributed by atoms with Crippen LogP contribution in [-0.4, -0.2) is 28.4 Å². The number of hydrogen-bond acceptors (Lipinski definition) is 1. The zero-order valence-corrected chi connectivity index (χ0v) is 5.68. The highest BCUT2D eigenvalue weighted by Crippen LogP contribution is 2.24. The van der Waals surface area contributed by atoms with E-state index >= 15 is 0 Å². The monoisotopic (exact) mass is 110 g/mol. The normalized spacial score (nSPS) is 38.0. The van der Waals surface area contributed by atoms with Crippen molar-refractivity contribution in [3.8, 4) is 0 Å². The van der Waals surface area contributed by atoms with E-state index in [-0.39, 0.29) is 0 Å². The molecule has 44 valence electrons. The molecule has 8 heavy (non-hydrogen) atoms. The van der Waals surface area contributed by atoms with Crippen molar-refractivity contribution in [2.45, 2.75) is 24.7 Å². The molecule has 1 rings (SSSR count). The Labute approximate surface area is 52.6 Å². The summed E-state index contributed by atoms with van der Waals surface area (Å²) < 4.78 is 5.41. The van der Waals surface area contributed by atoms with Gasteiger partial charge in [0.2, 0.25) is 0 Å². The Kier molecular flexibility index (Phi) is 2.01. The molecular weight excluding hydrogens is 97.7 g/mol. The van der Waals surface area contributed by atoms with Crippen molar-refractivity contribution in [1.29, 1.82) is 0 Å². The third kappa shape index (κ3) is 1.08. The molecule has 0 radical (unpaired) electrons. The van der Waals surface area contributed by atoms with Crippen LogP contribution in [0.2, 0.25) is 12.1 Å². The summed E-state index contributed by atoms with van der Waals surface area (Å²) in [7, 11) is 4.45. The predicted octanol–water partition coefficient (Wildman–Crippen LogP) is -0.752. The zero-order chi connectivity index (χ0) is 5.98. The van der Waals surface area contributed by atoms with Crippen LogP contribution in [0.5, 0.6) is 0 Å². The highest BCUT2D eigenvalue weighted by Gasteiger charge is 2.21. The van der Waals surface area contributed by atoms with Crippen LogP contribution < -0.4 is 0 Å². The van der Waals surface area contributed by atoms with Crippen LogP contribution in [0, 0.1) is 0 Å². The van der Waals surface area contributed by atoms with Gasteiger partial charge in [0, 0.05) is 12.7 Å². The Balaban J connectivity index is 2.30. The van der Waals surface area contributed by atoms with Crippen LogP contribution in [0.1, 0.15) is 6.42 Å². The van der Waals surface area contributed by atoms with E-state index in [2.05, 4.69) is 15.7 Å². The quantitative estimate of drug-likeness (QED) is 0.403. The highest BCUT2D eigenvalue weighted by atomic mass is 16.5. The number of ether oxygens (including phenoxy) is 1. The molecule has 1 fully saturated rings. The van der Waals surface area contributed by atoms with Crippen molar-refractivity contribution in [2.24, 2.45) is 0 Å². The van der Waals surface area contributed by atoms with Gasteiger partial charge in [-0.05, 0) is 12.2 Å². The lowest BCUT2D eigenvalue weighted by molar-refractivity contribution is 0.126. The molecule has 0 aromatic rings. The molecule has 0 saturated carbocycles. The number of hydrogen-bond donors (Lipinski definition) is 0. The van der Waals surface area contributed by atoms with Gasteiger partial charge in [-0.3, -0.25) is 0 Å². The fraction of sp³-hybridized carbons (Fsp3) is 1.00. The van der Waals surface area contributed by atoms with Gasteiger partial charge in [0.05, 0.1) is 0 Å². The van der Waals surface area contributed by atoms with Gasteiger partial charge in [0.1, 0.15) is 15.7 Å². The van der Waals surface area contributed by atoms with Crippen molar-refractivity contribution in [1.82, 2.24) is 0 Å². The van der Waals surface area contributed by atoms with Crippen molar-refractivity contribution in [2.75, 3.05) is 6.61 Å². The molecule has 0 aromatic carbocycles. The Morgan fingerprint density at radius 2 is 2.38 bits per heavy atom. The first-order valence-corrected chi connectivity index (χ1v) is 3.46. The highest BCUT2D eigenvalue weighted by molar-refractivity contribution is 6.14. The molecule has 1 nitrogen and oxygen atoms in total. The van der Waals surface area contributed by atoms with E-state index in [1.54, 1.807) is 0 Å². The molecular formula is C5H12B2O. The summed E-state index contributed by atoms with van der Waals surface area (Å²) in [6.07, 6.45) is 3.01. The molecule has 2 atom stereocenters. The first-order valence-electron chi connectivity index (χ1n) is 3.46. The van der Waals surface area contributed by atoms with Gasteiger partial charge in [-0.25, -0.2) is 0 Å². The molecule has 0 bridgehead atoms.